The molecule has 1 aliphatic rings. The number of nitrogens with zero attached hydrogens (tertiary/aromatic N) is 3. The minimum absolute atomic E-state index is 0.0552. The maximum absolute atomic E-state index is 12.8. The van der Waals surface area contributed by atoms with Crippen molar-refractivity contribution >= 4 is 11.7 Å². The molecule has 3 rings (SSSR count). The SMILES string of the molecule is N#Cc1cccc(N(C(=O)NCCO)C2CCN(Cc3ccccc3)CC2)c1. The van der Waals surface area contributed by atoms with Gasteiger partial charge in [0.1, 0.15) is 0 Å². The number of likely N-dealkylation sites (tertiary alicyclic amines) is 1. The van der Waals surface area contributed by atoms with Crippen LogP contribution in [0.25, 0.3) is 0 Å². The van der Waals surface area contributed by atoms with E-state index < -0.39 is 0 Å². The molecular weight excluding hydrogens is 352 g/mol. The molecule has 0 aromatic heterocycles. The summed E-state index contributed by atoms with van der Waals surface area (Å²) in [5.41, 5.74) is 2.54. The number of nitrogens with one attached hydrogen (secondary N) is 1. The van der Waals surface area contributed by atoms with Crippen molar-refractivity contribution in [1.82, 2.24) is 10.2 Å². The fraction of sp³-hybridized carbons (Fsp3) is 0.364. The van der Waals surface area contributed by atoms with Gasteiger partial charge in [-0.2, -0.15) is 5.26 Å². The number of anilines is 1. The zero-order chi connectivity index (χ0) is 19.8. The van der Waals surface area contributed by atoms with Crippen LogP contribution in [0.2, 0.25) is 0 Å². The summed E-state index contributed by atoms with van der Waals surface area (Å²) < 4.78 is 0. The molecule has 6 nitrogen and oxygen atoms in total. The number of piperidine rings is 1. The summed E-state index contributed by atoms with van der Waals surface area (Å²) in [7, 11) is 0. The molecule has 2 N–H and O–H groups in total. The number of carbonyl (C=O) groups excluding carboxylic acids is 1. The number of urea groups is 1. The smallest absolute Gasteiger partial charge is 0.322 e. The molecule has 2 aromatic carbocycles. The van der Waals surface area contributed by atoms with Crippen LogP contribution in [0.4, 0.5) is 10.5 Å². The van der Waals surface area contributed by atoms with Gasteiger partial charge in [0.25, 0.3) is 0 Å². The Morgan fingerprint density at radius 3 is 2.61 bits per heavy atom. The van der Waals surface area contributed by atoms with Crippen molar-refractivity contribution in [3.05, 3.63) is 65.7 Å². The Morgan fingerprint density at radius 2 is 1.93 bits per heavy atom. The van der Waals surface area contributed by atoms with E-state index in [2.05, 4.69) is 40.6 Å². The van der Waals surface area contributed by atoms with Gasteiger partial charge in [0.15, 0.2) is 0 Å². The molecule has 28 heavy (non-hydrogen) atoms. The third-order valence-corrected chi connectivity index (χ3v) is 5.03. The van der Waals surface area contributed by atoms with Crippen LogP contribution in [0.15, 0.2) is 54.6 Å². The standard InChI is InChI=1S/C22H26N4O2/c23-16-19-7-4-8-21(15-19)26(22(28)24-11-14-27)20-9-12-25(13-10-20)17-18-5-2-1-3-6-18/h1-8,15,20,27H,9-14,17H2,(H,24,28). The largest absolute Gasteiger partial charge is 0.395 e. The van der Waals surface area contributed by atoms with Gasteiger partial charge in [-0.05, 0) is 36.6 Å². The normalized spacial score (nSPS) is 15.0. The molecule has 0 bridgehead atoms. The number of amides is 2. The Bertz CT molecular complexity index is 811. The van der Waals surface area contributed by atoms with Gasteiger partial charge < -0.3 is 10.4 Å². The predicted molar refractivity (Wildman–Crippen MR) is 109 cm³/mol. The van der Waals surface area contributed by atoms with Crippen molar-refractivity contribution in [3.63, 3.8) is 0 Å². The quantitative estimate of drug-likeness (QED) is 0.810. The van der Waals surface area contributed by atoms with Crippen LogP contribution >= 0.6 is 0 Å². The highest BCUT2D eigenvalue weighted by molar-refractivity contribution is 5.92. The number of aliphatic hydroxyl groups is 1. The topological polar surface area (TPSA) is 79.6 Å². The van der Waals surface area contributed by atoms with E-state index in [1.807, 2.05) is 12.1 Å². The Hall–Kier alpha value is -2.88. The summed E-state index contributed by atoms with van der Waals surface area (Å²) in [4.78, 5) is 16.9. The highest BCUT2D eigenvalue weighted by atomic mass is 16.3. The number of hydrogen-bond donors (Lipinski definition) is 2. The van der Waals surface area contributed by atoms with Crippen LogP contribution in [-0.4, -0.2) is 48.3 Å². The van der Waals surface area contributed by atoms with Crippen LogP contribution < -0.4 is 10.2 Å². The highest BCUT2D eigenvalue weighted by Crippen LogP contribution is 2.25. The van der Waals surface area contributed by atoms with E-state index in [1.54, 1.807) is 23.1 Å². The fourth-order valence-electron chi connectivity index (χ4n) is 3.64. The van der Waals surface area contributed by atoms with Gasteiger partial charge in [-0.3, -0.25) is 9.80 Å². The minimum Gasteiger partial charge on any atom is -0.395 e. The van der Waals surface area contributed by atoms with E-state index in [0.29, 0.717) is 5.56 Å². The number of aliphatic hydroxyl groups excluding tert-OH is 1. The molecule has 1 aliphatic heterocycles. The minimum atomic E-state index is -0.231. The van der Waals surface area contributed by atoms with Crippen molar-refractivity contribution in [3.8, 4) is 6.07 Å². The lowest BCUT2D eigenvalue weighted by molar-refractivity contribution is 0.196. The van der Waals surface area contributed by atoms with Gasteiger partial charge in [-0.1, -0.05) is 36.4 Å². The summed E-state index contributed by atoms with van der Waals surface area (Å²) in [6.07, 6.45) is 1.71. The van der Waals surface area contributed by atoms with E-state index in [9.17, 15) is 10.1 Å². The molecular formula is C22H26N4O2. The second kappa shape index (κ2) is 9.88. The second-order valence-electron chi connectivity index (χ2n) is 6.98. The first kappa shape index (κ1) is 19.9. The molecule has 0 aliphatic carbocycles. The van der Waals surface area contributed by atoms with Crippen molar-refractivity contribution in [1.29, 1.82) is 5.26 Å². The molecule has 0 atom stereocenters. The average Bonchev–Trinajstić information content (AvgIpc) is 2.74. The van der Waals surface area contributed by atoms with Crippen LogP contribution in [0.3, 0.4) is 0 Å². The third kappa shape index (κ3) is 5.10. The Labute approximate surface area is 166 Å². The summed E-state index contributed by atoms with van der Waals surface area (Å²) in [5.74, 6) is 0. The first-order valence-electron chi connectivity index (χ1n) is 9.65. The van der Waals surface area contributed by atoms with Crippen LogP contribution in [0.5, 0.6) is 0 Å². The van der Waals surface area contributed by atoms with Gasteiger partial charge in [0.2, 0.25) is 0 Å². The molecule has 0 radical (unpaired) electrons. The van der Waals surface area contributed by atoms with Gasteiger partial charge >= 0.3 is 6.03 Å². The monoisotopic (exact) mass is 378 g/mol. The molecule has 0 spiro atoms. The van der Waals surface area contributed by atoms with E-state index >= 15 is 0 Å². The number of carbonyl (C=O) groups is 1. The lowest BCUT2D eigenvalue weighted by atomic mass is 10.0. The van der Waals surface area contributed by atoms with Gasteiger partial charge in [0.05, 0.1) is 18.2 Å². The Morgan fingerprint density at radius 1 is 1.18 bits per heavy atom. The predicted octanol–water partition coefficient (Wildman–Crippen LogP) is 2.73. The van der Waals surface area contributed by atoms with E-state index in [4.69, 9.17) is 5.11 Å². The molecule has 1 heterocycles. The first-order valence-corrected chi connectivity index (χ1v) is 9.65. The zero-order valence-corrected chi connectivity index (χ0v) is 15.9. The Kier molecular flexibility index (Phi) is 7.01. The van der Waals surface area contributed by atoms with Crippen molar-refractivity contribution in [2.45, 2.75) is 25.4 Å². The number of benzene rings is 2. The molecule has 6 heteroatoms. The van der Waals surface area contributed by atoms with Gasteiger partial charge in [-0.25, -0.2) is 4.79 Å². The molecule has 2 amide bonds. The van der Waals surface area contributed by atoms with Crippen molar-refractivity contribution < 1.29 is 9.90 Å². The molecule has 1 fully saturated rings. The second-order valence-corrected chi connectivity index (χ2v) is 6.98. The van der Waals surface area contributed by atoms with E-state index in [0.717, 1.165) is 38.2 Å². The van der Waals surface area contributed by atoms with Gasteiger partial charge in [0, 0.05) is 37.9 Å². The summed E-state index contributed by atoms with van der Waals surface area (Å²) in [5, 5.41) is 21.0. The Balaban J connectivity index is 1.70. The number of hydrogen-bond acceptors (Lipinski definition) is 4. The first-order chi connectivity index (χ1) is 13.7. The van der Waals surface area contributed by atoms with Crippen molar-refractivity contribution in [2.75, 3.05) is 31.1 Å². The van der Waals surface area contributed by atoms with Crippen LogP contribution in [0.1, 0.15) is 24.0 Å². The number of rotatable bonds is 6. The molecule has 0 saturated carbocycles. The third-order valence-electron chi connectivity index (χ3n) is 5.03. The maximum atomic E-state index is 12.8. The van der Waals surface area contributed by atoms with E-state index in [-0.39, 0.29) is 25.2 Å². The molecule has 146 valence electrons. The highest BCUT2D eigenvalue weighted by Gasteiger charge is 2.29. The summed E-state index contributed by atoms with van der Waals surface area (Å²) >= 11 is 0. The molecule has 1 saturated heterocycles. The molecule has 0 unspecified atom stereocenters. The molecule has 2 aromatic rings. The van der Waals surface area contributed by atoms with Crippen molar-refractivity contribution in [2.24, 2.45) is 0 Å². The zero-order valence-electron chi connectivity index (χ0n) is 15.9. The fourth-order valence-corrected chi connectivity index (χ4v) is 3.64. The summed E-state index contributed by atoms with van der Waals surface area (Å²) in [6.45, 7) is 2.82. The van der Waals surface area contributed by atoms with Gasteiger partial charge in [-0.15, -0.1) is 0 Å². The lowest BCUT2D eigenvalue weighted by Gasteiger charge is -2.38. The average molecular weight is 378 g/mol. The number of nitriles is 1. The van der Waals surface area contributed by atoms with Crippen LogP contribution in [-0.2, 0) is 6.54 Å². The summed E-state index contributed by atoms with van der Waals surface area (Å²) in [6, 6.07) is 19.5. The van der Waals surface area contributed by atoms with E-state index in [1.165, 1.54) is 5.56 Å². The maximum Gasteiger partial charge on any atom is 0.322 e. The van der Waals surface area contributed by atoms with Crippen LogP contribution in [0, 0.1) is 11.3 Å². The lowest BCUT2D eigenvalue weighted by Crippen LogP contribution is -2.51.